The van der Waals surface area contributed by atoms with Crippen LogP contribution in [-0.2, 0) is 11.2 Å². The first-order valence-electron chi connectivity index (χ1n) is 6.27. The van der Waals surface area contributed by atoms with Gasteiger partial charge in [0.05, 0.1) is 6.42 Å². The average Bonchev–Trinajstić information content (AvgIpc) is 2.36. The van der Waals surface area contributed by atoms with E-state index >= 15 is 0 Å². The van der Waals surface area contributed by atoms with Crippen LogP contribution in [0.1, 0.15) is 16.7 Å². The Bertz CT molecular complexity index is 612. The van der Waals surface area contributed by atoms with Gasteiger partial charge < -0.3 is 5.32 Å². The van der Waals surface area contributed by atoms with Crippen molar-refractivity contribution in [3.63, 3.8) is 0 Å². The normalized spacial score (nSPS) is 10.4. The van der Waals surface area contributed by atoms with Gasteiger partial charge in [-0.05, 0) is 54.8 Å². The number of halogens is 2. The van der Waals surface area contributed by atoms with Crippen molar-refractivity contribution in [3.8, 4) is 0 Å². The Kier molecular flexibility index (Phi) is 5.00. The summed E-state index contributed by atoms with van der Waals surface area (Å²) in [6.07, 6.45) is 0.377. The van der Waals surface area contributed by atoms with E-state index in [-0.39, 0.29) is 5.91 Å². The van der Waals surface area contributed by atoms with Gasteiger partial charge in [-0.15, -0.1) is 0 Å². The van der Waals surface area contributed by atoms with Crippen LogP contribution in [0, 0.1) is 13.8 Å². The van der Waals surface area contributed by atoms with Crippen LogP contribution in [0.3, 0.4) is 0 Å². The molecule has 2 aromatic rings. The van der Waals surface area contributed by atoms with Gasteiger partial charge in [-0.1, -0.05) is 44.0 Å². The van der Waals surface area contributed by atoms with E-state index in [1.165, 1.54) is 0 Å². The van der Waals surface area contributed by atoms with Crippen molar-refractivity contribution in [3.05, 3.63) is 62.0 Å². The maximum atomic E-state index is 12.1. The molecule has 0 saturated carbocycles. The fourth-order valence-electron chi connectivity index (χ4n) is 2.08. The maximum absolute atomic E-state index is 12.1. The largest absolute Gasteiger partial charge is 0.325 e. The number of rotatable bonds is 3. The number of hydrogen-bond acceptors (Lipinski definition) is 1. The fraction of sp³-hybridized carbons (Fsp3) is 0.188. The molecular weight excluding hydrogens is 382 g/mol. The second-order valence-electron chi connectivity index (χ2n) is 4.77. The standard InChI is InChI=1S/C16H15Br2NO/c1-10-7-14(18)8-11(2)16(10)19-15(20)9-12-3-5-13(17)6-4-12/h3-8H,9H2,1-2H3,(H,19,20). The molecule has 1 N–H and O–H groups in total. The van der Waals surface area contributed by atoms with Crippen molar-refractivity contribution in [2.75, 3.05) is 5.32 Å². The number of amides is 1. The van der Waals surface area contributed by atoms with Crippen LogP contribution in [0.5, 0.6) is 0 Å². The highest BCUT2D eigenvalue weighted by atomic mass is 79.9. The summed E-state index contributed by atoms with van der Waals surface area (Å²) in [5, 5.41) is 3.00. The van der Waals surface area contributed by atoms with Crippen molar-refractivity contribution >= 4 is 43.5 Å². The Morgan fingerprint density at radius 1 is 1.00 bits per heavy atom. The summed E-state index contributed by atoms with van der Waals surface area (Å²) in [6, 6.07) is 11.8. The number of hydrogen-bond donors (Lipinski definition) is 1. The van der Waals surface area contributed by atoms with Gasteiger partial charge in [-0.25, -0.2) is 0 Å². The molecule has 0 spiro atoms. The Balaban J connectivity index is 2.10. The van der Waals surface area contributed by atoms with Gasteiger partial charge in [-0.2, -0.15) is 0 Å². The fourth-order valence-corrected chi connectivity index (χ4v) is 3.03. The van der Waals surface area contributed by atoms with Crippen LogP contribution in [0.4, 0.5) is 5.69 Å². The minimum Gasteiger partial charge on any atom is -0.325 e. The number of benzene rings is 2. The third-order valence-electron chi connectivity index (χ3n) is 3.04. The first-order chi connectivity index (χ1) is 9.45. The summed E-state index contributed by atoms with van der Waals surface area (Å²) < 4.78 is 2.04. The Morgan fingerprint density at radius 3 is 2.10 bits per heavy atom. The molecule has 0 unspecified atom stereocenters. The van der Waals surface area contributed by atoms with Gasteiger partial charge in [0.25, 0.3) is 0 Å². The summed E-state index contributed by atoms with van der Waals surface area (Å²) >= 11 is 6.84. The lowest BCUT2D eigenvalue weighted by molar-refractivity contribution is -0.115. The van der Waals surface area contributed by atoms with E-state index in [1.807, 2.05) is 50.2 Å². The molecule has 0 aliphatic carbocycles. The molecule has 0 fully saturated rings. The lowest BCUT2D eigenvalue weighted by Crippen LogP contribution is -2.16. The van der Waals surface area contributed by atoms with E-state index in [0.29, 0.717) is 6.42 Å². The van der Waals surface area contributed by atoms with E-state index in [4.69, 9.17) is 0 Å². The van der Waals surface area contributed by atoms with Crippen molar-refractivity contribution < 1.29 is 4.79 Å². The molecule has 2 nitrogen and oxygen atoms in total. The summed E-state index contributed by atoms with van der Waals surface area (Å²) in [5.41, 5.74) is 4.01. The second kappa shape index (κ2) is 6.55. The predicted molar refractivity (Wildman–Crippen MR) is 90.1 cm³/mol. The van der Waals surface area contributed by atoms with Gasteiger partial charge in [0.1, 0.15) is 0 Å². The first-order valence-corrected chi connectivity index (χ1v) is 7.85. The van der Waals surface area contributed by atoms with E-state index in [0.717, 1.165) is 31.3 Å². The molecule has 4 heteroatoms. The topological polar surface area (TPSA) is 29.1 Å². The minimum absolute atomic E-state index is 0.000782. The third-order valence-corrected chi connectivity index (χ3v) is 4.03. The molecule has 0 radical (unpaired) electrons. The van der Waals surface area contributed by atoms with E-state index < -0.39 is 0 Å². The van der Waals surface area contributed by atoms with Gasteiger partial charge in [0.15, 0.2) is 0 Å². The number of nitrogens with one attached hydrogen (secondary N) is 1. The maximum Gasteiger partial charge on any atom is 0.228 e. The average molecular weight is 397 g/mol. The van der Waals surface area contributed by atoms with E-state index in [2.05, 4.69) is 37.2 Å². The van der Waals surface area contributed by atoms with Gasteiger partial charge in [-0.3, -0.25) is 4.79 Å². The summed E-state index contributed by atoms with van der Waals surface area (Å²) in [6.45, 7) is 3.99. The molecule has 0 atom stereocenters. The minimum atomic E-state index is 0.000782. The monoisotopic (exact) mass is 395 g/mol. The summed E-state index contributed by atoms with van der Waals surface area (Å²) in [5.74, 6) is 0.000782. The number of carbonyl (C=O) groups is 1. The van der Waals surface area contributed by atoms with Crippen LogP contribution < -0.4 is 5.32 Å². The molecule has 0 aliphatic rings. The Hall–Kier alpha value is -1.13. The van der Waals surface area contributed by atoms with Crippen LogP contribution in [0.25, 0.3) is 0 Å². The molecule has 0 bridgehead atoms. The molecule has 0 saturated heterocycles. The molecule has 0 aliphatic heterocycles. The molecular formula is C16H15Br2NO. The lowest BCUT2D eigenvalue weighted by atomic mass is 10.1. The molecule has 1 amide bonds. The molecule has 0 heterocycles. The van der Waals surface area contributed by atoms with Crippen molar-refractivity contribution in [1.82, 2.24) is 0 Å². The van der Waals surface area contributed by atoms with Gasteiger partial charge >= 0.3 is 0 Å². The van der Waals surface area contributed by atoms with Crippen LogP contribution in [0.2, 0.25) is 0 Å². The van der Waals surface area contributed by atoms with E-state index in [1.54, 1.807) is 0 Å². The summed E-state index contributed by atoms with van der Waals surface area (Å²) in [7, 11) is 0. The zero-order valence-corrected chi connectivity index (χ0v) is 14.5. The number of carbonyl (C=O) groups excluding carboxylic acids is 1. The van der Waals surface area contributed by atoms with Crippen molar-refractivity contribution in [2.24, 2.45) is 0 Å². The Morgan fingerprint density at radius 2 is 1.55 bits per heavy atom. The van der Waals surface area contributed by atoms with Gasteiger partial charge in [0, 0.05) is 14.6 Å². The highest BCUT2D eigenvalue weighted by molar-refractivity contribution is 9.10. The quantitative estimate of drug-likeness (QED) is 0.776. The zero-order valence-electron chi connectivity index (χ0n) is 11.3. The van der Waals surface area contributed by atoms with Crippen LogP contribution >= 0.6 is 31.9 Å². The molecule has 20 heavy (non-hydrogen) atoms. The Labute approximate surface area is 135 Å². The predicted octanol–water partition coefficient (Wildman–Crippen LogP) is 5.01. The SMILES string of the molecule is Cc1cc(Br)cc(C)c1NC(=O)Cc1ccc(Br)cc1. The molecule has 104 valence electrons. The molecule has 0 aromatic heterocycles. The zero-order chi connectivity index (χ0) is 14.7. The number of anilines is 1. The second-order valence-corrected chi connectivity index (χ2v) is 6.60. The first kappa shape index (κ1) is 15.3. The smallest absolute Gasteiger partial charge is 0.228 e. The summed E-state index contributed by atoms with van der Waals surface area (Å²) in [4.78, 5) is 12.1. The lowest BCUT2D eigenvalue weighted by Gasteiger charge is -2.12. The number of aryl methyl sites for hydroxylation is 2. The highest BCUT2D eigenvalue weighted by Gasteiger charge is 2.09. The van der Waals surface area contributed by atoms with E-state index in [9.17, 15) is 4.79 Å². The third kappa shape index (κ3) is 3.93. The molecule has 2 rings (SSSR count). The highest BCUT2D eigenvalue weighted by Crippen LogP contribution is 2.25. The molecule has 2 aromatic carbocycles. The van der Waals surface area contributed by atoms with Crippen molar-refractivity contribution in [1.29, 1.82) is 0 Å². The van der Waals surface area contributed by atoms with Crippen LogP contribution in [0.15, 0.2) is 45.3 Å². The van der Waals surface area contributed by atoms with Crippen molar-refractivity contribution in [2.45, 2.75) is 20.3 Å². The van der Waals surface area contributed by atoms with Gasteiger partial charge in [0.2, 0.25) is 5.91 Å². The van der Waals surface area contributed by atoms with Crippen LogP contribution in [-0.4, -0.2) is 5.91 Å².